The molecule has 0 saturated carbocycles. The van der Waals surface area contributed by atoms with E-state index >= 15 is 0 Å². The summed E-state index contributed by atoms with van der Waals surface area (Å²) in [6.45, 7) is 2.34. The molecular formula is C16H22F3NO4. The Labute approximate surface area is 138 Å². The van der Waals surface area contributed by atoms with Gasteiger partial charge in [0, 0.05) is 13.2 Å². The van der Waals surface area contributed by atoms with Crippen molar-refractivity contribution in [3.63, 3.8) is 0 Å². The molecule has 0 aromatic carbocycles. The first-order valence-corrected chi connectivity index (χ1v) is 7.97. The molecule has 8 heteroatoms. The Kier molecular flexibility index (Phi) is 5.92. The van der Waals surface area contributed by atoms with Gasteiger partial charge in [0.15, 0.2) is 0 Å². The summed E-state index contributed by atoms with van der Waals surface area (Å²) in [6.07, 6.45) is -2.68. The van der Waals surface area contributed by atoms with Gasteiger partial charge in [-0.05, 0) is 44.7 Å². The fourth-order valence-electron chi connectivity index (χ4n) is 2.69. The van der Waals surface area contributed by atoms with Crippen molar-refractivity contribution in [3.05, 3.63) is 23.7 Å². The van der Waals surface area contributed by atoms with Gasteiger partial charge in [-0.3, -0.25) is 4.79 Å². The van der Waals surface area contributed by atoms with Crippen molar-refractivity contribution in [1.29, 1.82) is 0 Å². The van der Waals surface area contributed by atoms with E-state index in [0.29, 0.717) is 13.0 Å². The van der Waals surface area contributed by atoms with Crippen LogP contribution in [0.3, 0.4) is 0 Å². The molecule has 0 radical (unpaired) electrons. The van der Waals surface area contributed by atoms with E-state index in [4.69, 9.17) is 9.15 Å². The molecule has 2 heterocycles. The molecule has 2 N–H and O–H groups in total. The lowest BCUT2D eigenvalue weighted by atomic mass is 9.95. The maximum absolute atomic E-state index is 13.3. The van der Waals surface area contributed by atoms with Crippen LogP contribution in [0.4, 0.5) is 13.2 Å². The molecule has 2 atom stereocenters. The first-order valence-electron chi connectivity index (χ1n) is 7.97. The lowest BCUT2D eigenvalue weighted by Crippen LogP contribution is -2.46. The molecule has 1 aliphatic heterocycles. The van der Waals surface area contributed by atoms with Crippen LogP contribution in [0, 0.1) is 6.92 Å². The smallest absolute Gasteiger partial charge is 0.425 e. The number of furan rings is 1. The maximum Gasteiger partial charge on any atom is 0.425 e. The van der Waals surface area contributed by atoms with Crippen LogP contribution in [0.1, 0.15) is 43.6 Å². The van der Waals surface area contributed by atoms with Gasteiger partial charge in [-0.1, -0.05) is 0 Å². The van der Waals surface area contributed by atoms with Crippen molar-refractivity contribution in [3.8, 4) is 0 Å². The Hall–Kier alpha value is -1.54. The van der Waals surface area contributed by atoms with Gasteiger partial charge in [0.25, 0.3) is 0 Å². The molecule has 1 saturated heterocycles. The van der Waals surface area contributed by atoms with Crippen molar-refractivity contribution < 1.29 is 32.2 Å². The van der Waals surface area contributed by atoms with E-state index < -0.39 is 29.9 Å². The number of rotatable bonds is 6. The number of nitrogens with one attached hydrogen (secondary N) is 1. The van der Waals surface area contributed by atoms with Gasteiger partial charge in [0.05, 0.1) is 12.5 Å². The van der Waals surface area contributed by atoms with Crippen molar-refractivity contribution in [2.45, 2.75) is 56.9 Å². The van der Waals surface area contributed by atoms with Gasteiger partial charge in [-0.15, -0.1) is 0 Å². The number of amides is 1. The summed E-state index contributed by atoms with van der Waals surface area (Å²) in [5.41, 5.74) is -3.34. The van der Waals surface area contributed by atoms with Crippen LogP contribution in [-0.2, 0) is 15.1 Å². The molecule has 1 aromatic rings. The summed E-state index contributed by atoms with van der Waals surface area (Å²) >= 11 is 0. The molecular weight excluding hydrogens is 327 g/mol. The number of alkyl halides is 3. The fraction of sp³-hybridized carbons (Fsp3) is 0.688. The highest BCUT2D eigenvalue weighted by Crippen LogP contribution is 2.42. The number of aryl methyl sites for hydroxylation is 1. The molecule has 24 heavy (non-hydrogen) atoms. The maximum atomic E-state index is 13.3. The molecule has 136 valence electrons. The Morgan fingerprint density at radius 2 is 2.12 bits per heavy atom. The quantitative estimate of drug-likeness (QED) is 0.828. The minimum atomic E-state index is -5.03. The first kappa shape index (κ1) is 18.8. The third-order valence-corrected chi connectivity index (χ3v) is 4.10. The van der Waals surface area contributed by atoms with E-state index in [0.717, 1.165) is 25.3 Å². The molecule has 1 aromatic heterocycles. The molecule has 0 aliphatic carbocycles. The molecule has 2 rings (SSSR count). The number of carbonyl (C=O) groups is 1. The van der Waals surface area contributed by atoms with Gasteiger partial charge in [-0.2, -0.15) is 13.2 Å². The third kappa shape index (κ3) is 4.51. The minimum Gasteiger partial charge on any atom is -0.463 e. The summed E-state index contributed by atoms with van der Waals surface area (Å²) in [6, 6.07) is 2.34. The largest absolute Gasteiger partial charge is 0.463 e. The van der Waals surface area contributed by atoms with Crippen LogP contribution in [-0.4, -0.2) is 36.4 Å². The predicted octanol–water partition coefficient (Wildman–Crippen LogP) is 2.80. The number of aliphatic hydroxyl groups is 1. The van der Waals surface area contributed by atoms with E-state index in [1.165, 1.54) is 13.0 Å². The minimum absolute atomic E-state index is 0.0215. The SMILES string of the molecule is Cc1ccc(C(O)(CC(=O)NCCC2CCCCO2)C(F)(F)F)o1. The first-order chi connectivity index (χ1) is 11.2. The number of hydrogen-bond acceptors (Lipinski definition) is 4. The zero-order valence-corrected chi connectivity index (χ0v) is 13.5. The highest BCUT2D eigenvalue weighted by Gasteiger charge is 2.58. The van der Waals surface area contributed by atoms with E-state index in [2.05, 4.69) is 5.32 Å². The van der Waals surface area contributed by atoms with E-state index in [9.17, 15) is 23.1 Å². The van der Waals surface area contributed by atoms with Crippen molar-refractivity contribution in [2.24, 2.45) is 0 Å². The number of carbonyl (C=O) groups excluding carboxylic acids is 1. The number of ether oxygens (including phenoxy) is 1. The van der Waals surface area contributed by atoms with Crippen LogP contribution in [0.25, 0.3) is 0 Å². The van der Waals surface area contributed by atoms with E-state index in [-0.39, 0.29) is 18.4 Å². The highest BCUT2D eigenvalue weighted by molar-refractivity contribution is 5.77. The van der Waals surface area contributed by atoms with Crippen LogP contribution in [0.5, 0.6) is 0 Å². The van der Waals surface area contributed by atoms with Crippen LogP contribution in [0.15, 0.2) is 16.5 Å². The van der Waals surface area contributed by atoms with Gasteiger partial charge >= 0.3 is 6.18 Å². The Morgan fingerprint density at radius 3 is 2.67 bits per heavy atom. The summed E-state index contributed by atoms with van der Waals surface area (Å²) < 4.78 is 50.2. The average molecular weight is 349 g/mol. The summed E-state index contributed by atoms with van der Waals surface area (Å²) in [5.74, 6) is -1.35. The molecule has 2 unspecified atom stereocenters. The second kappa shape index (κ2) is 7.57. The second-order valence-corrected chi connectivity index (χ2v) is 6.07. The monoisotopic (exact) mass is 349 g/mol. The lowest BCUT2D eigenvalue weighted by molar-refractivity contribution is -0.273. The lowest BCUT2D eigenvalue weighted by Gasteiger charge is -2.28. The summed E-state index contributed by atoms with van der Waals surface area (Å²) in [5, 5.41) is 12.5. The third-order valence-electron chi connectivity index (χ3n) is 4.10. The Bertz CT molecular complexity index is 552. The topological polar surface area (TPSA) is 71.7 Å². The molecule has 1 amide bonds. The Morgan fingerprint density at radius 1 is 1.38 bits per heavy atom. The van der Waals surface area contributed by atoms with Crippen molar-refractivity contribution in [2.75, 3.05) is 13.2 Å². The van der Waals surface area contributed by atoms with E-state index in [1.54, 1.807) is 0 Å². The average Bonchev–Trinajstić information content (AvgIpc) is 2.94. The highest BCUT2D eigenvalue weighted by atomic mass is 19.4. The number of halogens is 3. The molecule has 1 fully saturated rings. The van der Waals surface area contributed by atoms with Gasteiger partial charge in [0.2, 0.25) is 11.5 Å². The van der Waals surface area contributed by atoms with Crippen LogP contribution in [0.2, 0.25) is 0 Å². The van der Waals surface area contributed by atoms with Crippen LogP contribution < -0.4 is 5.32 Å². The number of hydrogen-bond donors (Lipinski definition) is 2. The second-order valence-electron chi connectivity index (χ2n) is 6.07. The van der Waals surface area contributed by atoms with Crippen LogP contribution >= 0.6 is 0 Å². The summed E-state index contributed by atoms with van der Waals surface area (Å²) in [4.78, 5) is 11.9. The molecule has 0 bridgehead atoms. The molecule has 5 nitrogen and oxygen atoms in total. The van der Waals surface area contributed by atoms with Gasteiger partial charge in [0.1, 0.15) is 11.5 Å². The van der Waals surface area contributed by atoms with Gasteiger partial charge < -0.3 is 19.6 Å². The zero-order valence-electron chi connectivity index (χ0n) is 13.5. The Balaban J connectivity index is 1.93. The zero-order chi connectivity index (χ0) is 17.8. The predicted molar refractivity (Wildman–Crippen MR) is 79.2 cm³/mol. The summed E-state index contributed by atoms with van der Waals surface area (Å²) in [7, 11) is 0. The normalized spacial score (nSPS) is 21.3. The standard InChI is InChI=1S/C16H22F3NO4/c1-11-5-6-13(24-11)15(22,16(17,18)19)10-14(21)20-8-7-12-4-2-3-9-23-12/h5-6,12,22H,2-4,7-10H2,1H3,(H,20,21). The van der Waals surface area contributed by atoms with E-state index in [1.807, 2.05) is 0 Å². The van der Waals surface area contributed by atoms with Crippen molar-refractivity contribution >= 4 is 5.91 Å². The van der Waals surface area contributed by atoms with Crippen molar-refractivity contribution in [1.82, 2.24) is 5.32 Å². The van der Waals surface area contributed by atoms with Gasteiger partial charge in [-0.25, -0.2) is 0 Å². The molecule has 0 spiro atoms. The molecule has 1 aliphatic rings. The fourth-order valence-corrected chi connectivity index (χ4v) is 2.69.